The number of amides is 2. The van der Waals surface area contributed by atoms with Crippen molar-refractivity contribution in [3.63, 3.8) is 0 Å². The number of anilines is 1. The Balaban J connectivity index is 1.59. The van der Waals surface area contributed by atoms with Gasteiger partial charge in [-0.15, -0.1) is 0 Å². The van der Waals surface area contributed by atoms with Crippen molar-refractivity contribution in [3.05, 3.63) is 58.7 Å². The Morgan fingerprint density at radius 1 is 0.960 bits per heavy atom. The molecule has 0 aromatic heterocycles. The topological polar surface area (TPSA) is 78.4 Å². The molecule has 130 valence electrons. The van der Waals surface area contributed by atoms with Crippen LogP contribution in [-0.2, 0) is 30.2 Å². The molecule has 4 rings (SSSR count). The molecule has 0 fully saturated rings. The van der Waals surface area contributed by atoms with E-state index in [1.54, 1.807) is 30.3 Å². The van der Waals surface area contributed by atoms with E-state index in [0.717, 1.165) is 44.2 Å². The molecule has 2 aromatic carbocycles. The Bertz CT molecular complexity index is 848. The smallest absolute Gasteiger partial charge is 0.326 e. The van der Waals surface area contributed by atoms with E-state index in [1.807, 2.05) is 0 Å². The molecule has 2 aliphatic carbocycles. The molecule has 0 radical (unpaired) electrons. The average Bonchev–Trinajstić information content (AvgIpc) is 3.24. The van der Waals surface area contributed by atoms with Gasteiger partial charge in [-0.2, -0.15) is 0 Å². The number of aryl methyl sites for hydroxylation is 2. The fraction of sp³-hybridized carbons (Fsp3) is 0.316. The summed E-state index contributed by atoms with van der Waals surface area (Å²) in [6.45, 7) is 0. The molecule has 0 aliphatic heterocycles. The van der Waals surface area contributed by atoms with Crippen LogP contribution in [0.2, 0.25) is 0 Å². The highest BCUT2D eigenvalue weighted by Crippen LogP contribution is 2.39. The van der Waals surface area contributed by atoms with Gasteiger partial charge in [0.15, 0.2) is 0 Å². The van der Waals surface area contributed by atoms with E-state index in [2.05, 4.69) is 16.5 Å². The van der Waals surface area contributed by atoms with Gasteiger partial charge in [0.25, 0.3) is 0 Å². The number of rotatable bonds is 3. The molecular formula is C19H21N2O3P. The van der Waals surface area contributed by atoms with Crippen LogP contribution in [0, 0.1) is 0 Å². The van der Waals surface area contributed by atoms with Crippen molar-refractivity contribution in [2.24, 2.45) is 0 Å². The van der Waals surface area contributed by atoms with Crippen molar-refractivity contribution in [3.8, 4) is 0 Å². The predicted molar refractivity (Wildman–Crippen MR) is 98.5 cm³/mol. The van der Waals surface area contributed by atoms with Crippen molar-refractivity contribution in [2.45, 2.75) is 38.5 Å². The Morgan fingerprint density at radius 3 is 2.16 bits per heavy atom. The standard InChI is InChI=1S/C19H21N2O3P/c22-19(21-25(23,24)15-8-2-1-3-9-15)20-18-16-10-4-6-13(16)12-14-7-5-11-17(14)18/h1-3,8-9,12H,4-7,10-11H2,(H3,20,21,22,23,24). The Kier molecular flexibility index (Phi) is 4.14. The third-order valence-corrected chi connectivity index (χ3v) is 6.58. The van der Waals surface area contributed by atoms with Crippen LogP contribution in [-0.4, -0.2) is 10.9 Å². The lowest BCUT2D eigenvalue weighted by Gasteiger charge is -2.18. The number of nitrogens with one attached hydrogen (secondary N) is 2. The van der Waals surface area contributed by atoms with Gasteiger partial charge in [0.05, 0.1) is 5.30 Å². The lowest BCUT2D eigenvalue weighted by atomic mass is 9.99. The number of fused-ring (bicyclic) bond motifs is 2. The van der Waals surface area contributed by atoms with Gasteiger partial charge in [0.2, 0.25) is 0 Å². The van der Waals surface area contributed by atoms with Gasteiger partial charge in [-0.1, -0.05) is 24.3 Å². The van der Waals surface area contributed by atoms with Crippen LogP contribution in [0.1, 0.15) is 35.1 Å². The molecular weight excluding hydrogens is 335 g/mol. The summed E-state index contributed by atoms with van der Waals surface area (Å²) in [6, 6.07) is 9.86. The van der Waals surface area contributed by atoms with Crippen LogP contribution in [0.3, 0.4) is 0 Å². The van der Waals surface area contributed by atoms with Crippen LogP contribution >= 0.6 is 7.52 Å². The van der Waals surface area contributed by atoms with Crippen LogP contribution in [0.15, 0.2) is 36.4 Å². The maximum absolute atomic E-state index is 12.5. The van der Waals surface area contributed by atoms with E-state index in [9.17, 15) is 14.3 Å². The molecule has 0 saturated carbocycles. The number of hydrogen-bond acceptors (Lipinski definition) is 2. The molecule has 2 aromatic rings. The number of carbonyl (C=O) groups is 1. The van der Waals surface area contributed by atoms with Gasteiger partial charge >= 0.3 is 13.6 Å². The van der Waals surface area contributed by atoms with Gasteiger partial charge in [-0.25, -0.2) is 4.79 Å². The van der Waals surface area contributed by atoms with E-state index in [1.165, 1.54) is 22.3 Å². The fourth-order valence-electron chi connectivity index (χ4n) is 3.94. The molecule has 5 nitrogen and oxygen atoms in total. The van der Waals surface area contributed by atoms with Crippen LogP contribution in [0.5, 0.6) is 0 Å². The molecule has 6 heteroatoms. The minimum Gasteiger partial charge on any atom is -0.326 e. The second-order valence-corrected chi connectivity index (χ2v) is 8.60. The molecule has 0 heterocycles. The van der Waals surface area contributed by atoms with Gasteiger partial charge in [0.1, 0.15) is 0 Å². The summed E-state index contributed by atoms with van der Waals surface area (Å²) in [5.74, 6) is 0. The predicted octanol–water partition coefficient (Wildman–Crippen LogP) is 3.30. The average molecular weight is 356 g/mol. The summed E-state index contributed by atoms with van der Waals surface area (Å²) in [4.78, 5) is 22.7. The normalized spacial score (nSPS) is 17.5. The largest absolute Gasteiger partial charge is 0.326 e. The summed E-state index contributed by atoms with van der Waals surface area (Å²) in [5, 5.41) is 5.37. The second kappa shape index (κ2) is 6.32. The number of urea groups is 1. The SMILES string of the molecule is O=C(Nc1c2c(cc3c1CCC3)CCC2)NP(=O)(O)c1ccccc1. The molecule has 1 unspecified atom stereocenters. The zero-order chi connectivity index (χ0) is 17.4. The quantitative estimate of drug-likeness (QED) is 0.739. The van der Waals surface area contributed by atoms with E-state index < -0.39 is 13.6 Å². The number of hydrogen-bond donors (Lipinski definition) is 3. The Morgan fingerprint density at radius 2 is 1.56 bits per heavy atom. The van der Waals surface area contributed by atoms with Crippen LogP contribution in [0.4, 0.5) is 10.5 Å². The van der Waals surface area contributed by atoms with Crippen molar-refractivity contribution in [2.75, 3.05) is 5.32 Å². The minimum atomic E-state index is -3.94. The first-order chi connectivity index (χ1) is 12.0. The van der Waals surface area contributed by atoms with Crippen molar-refractivity contribution in [1.29, 1.82) is 0 Å². The molecule has 2 amide bonds. The zero-order valence-corrected chi connectivity index (χ0v) is 14.8. The van der Waals surface area contributed by atoms with Gasteiger partial charge < -0.3 is 10.2 Å². The highest BCUT2D eigenvalue weighted by molar-refractivity contribution is 7.64. The number of carbonyl (C=O) groups excluding carboxylic acids is 1. The summed E-state index contributed by atoms with van der Waals surface area (Å²) in [6.07, 6.45) is 6.18. The van der Waals surface area contributed by atoms with Gasteiger partial charge in [-0.3, -0.25) is 9.65 Å². The number of benzene rings is 2. The van der Waals surface area contributed by atoms with Crippen LogP contribution in [0.25, 0.3) is 0 Å². The highest BCUT2D eigenvalue weighted by atomic mass is 31.2. The third-order valence-electron chi connectivity index (χ3n) is 5.07. The molecule has 2 aliphatic rings. The molecule has 0 spiro atoms. The maximum Gasteiger partial charge on any atom is 0.326 e. The third kappa shape index (κ3) is 3.10. The first-order valence-corrected chi connectivity index (χ1v) is 10.3. The lowest BCUT2D eigenvalue weighted by molar-refractivity contribution is 0.255. The summed E-state index contributed by atoms with van der Waals surface area (Å²) < 4.78 is 12.5. The van der Waals surface area contributed by atoms with E-state index in [-0.39, 0.29) is 5.30 Å². The van der Waals surface area contributed by atoms with Crippen LogP contribution < -0.4 is 15.7 Å². The van der Waals surface area contributed by atoms with E-state index in [4.69, 9.17) is 0 Å². The Labute approximate surface area is 147 Å². The molecule has 25 heavy (non-hydrogen) atoms. The van der Waals surface area contributed by atoms with Crippen molar-refractivity contribution < 1.29 is 14.3 Å². The lowest BCUT2D eigenvalue weighted by Crippen LogP contribution is -2.30. The fourth-order valence-corrected chi connectivity index (χ4v) is 4.98. The molecule has 0 bridgehead atoms. The minimum absolute atomic E-state index is 0.216. The summed E-state index contributed by atoms with van der Waals surface area (Å²) in [7, 11) is -3.94. The van der Waals surface area contributed by atoms with Crippen molar-refractivity contribution >= 4 is 24.5 Å². The van der Waals surface area contributed by atoms with Gasteiger partial charge in [-0.05, 0) is 72.9 Å². The van der Waals surface area contributed by atoms with E-state index in [0.29, 0.717) is 0 Å². The van der Waals surface area contributed by atoms with Gasteiger partial charge in [0, 0.05) is 5.69 Å². The molecule has 3 N–H and O–H groups in total. The first kappa shape index (κ1) is 16.4. The molecule has 0 saturated heterocycles. The molecule has 1 atom stereocenters. The van der Waals surface area contributed by atoms with E-state index >= 15 is 0 Å². The summed E-state index contributed by atoms with van der Waals surface area (Å²) in [5.41, 5.74) is 5.89. The highest BCUT2D eigenvalue weighted by Gasteiger charge is 2.28. The Hall–Kier alpha value is -2.10. The summed E-state index contributed by atoms with van der Waals surface area (Å²) >= 11 is 0. The maximum atomic E-state index is 12.5. The zero-order valence-electron chi connectivity index (χ0n) is 13.9. The monoisotopic (exact) mass is 356 g/mol. The van der Waals surface area contributed by atoms with Crippen molar-refractivity contribution in [1.82, 2.24) is 5.09 Å². The second-order valence-electron chi connectivity index (χ2n) is 6.71. The first-order valence-electron chi connectivity index (χ1n) is 8.69.